The number of hydrogen-bond acceptors (Lipinski definition) is 3. The van der Waals surface area contributed by atoms with Crippen LogP contribution in [0.5, 0.6) is 0 Å². The van der Waals surface area contributed by atoms with E-state index in [1.54, 1.807) is 11.8 Å². The van der Waals surface area contributed by atoms with E-state index in [-0.39, 0.29) is 29.8 Å². The Morgan fingerprint density at radius 1 is 1.50 bits per heavy atom. The number of halogens is 2. The van der Waals surface area contributed by atoms with Crippen molar-refractivity contribution in [2.45, 2.75) is 24.3 Å². The summed E-state index contributed by atoms with van der Waals surface area (Å²) in [6, 6.07) is 8.42. The van der Waals surface area contributed by atoms with Gasteiger partial charge in [-0.3, -0.25) is 10.1 Å². The summed E-state index contributed by atoms with van der Waals surface area (Å²) in [5.41, 5.74) is 1.50. The first kappa shape index (κ1) is 16.1. The lowest BCUT2D eigenvalue weighted by atomic mass is 9.96. The Kier molecular flexibility index (Phi) is 5.40. The second-order valence-electron chi connectivity index (χ2n) is 5.28. The molecule has 0 bridgehead atoms. The summed E-state index contributed by atoms with van der Waals surface area (Å²) in [5.74, 6) is 1.91. The van der Waals surface area contributed by atoms with Crippen LogP contribution < -0.4 is 10.6 Å². The van der Waals surface area contributed by atoms with Crippen LogP contribution in [0.3, 0.4) is 0 Å². The topological polar surface area (TPSA) is 41.1 Å². The second-order valence-corrected chi connectivity index (χ2v) is 7.23. The molecule has 1 aliphatic heterocycles. The van der Waals surface area contributed by atoms with Crippen LogP contribution in [0, 0.1) is 0 Å². The molecule has 2 N–H and O–H groups in total. The third kappa shape index (κ3) is 3.50. The quantitative estimate of drug-likeness (QED) is 0.847. The molecule has 1 atom stereocenters. The number of benzene rings is 1. The number of carbonyl (C=O) groups is 1. The fourth-order valence-electron chi connectivity index (χ4n) is 2.48. The van der Waals surface area contributed by atoms with Gasteiger partial charge in [-0.15, -0.1) is 24.2 Å². The third-order valence-corrected chi connectivity index (χ3v) is 5.36. The molecule has 0 aromatic heterocycles. The van der Waals surface area contributed by atoms with Crippen LogP contribution in [0.2, 0.25) is 0 Å². The van der Waals surface area contributed by atoms with Crippen LogP contribution in [0.15, 0.2) is 28.7 Å². The van der Waals surface area contributed by atoms with E-state index in [2.05, 4.69) is 44.8 Å². The van der Waals surface area contributed by atoms with E-state index < -0.39 is 0 Å². The average Bonchev–Trinajstić information content (AvgIpc) is 3.00. The van der Waals surface area contributed by atoms with Gasteiger partial charge in [-0.2, -0.15) is 0 Å². The van der Waals surface area contributed by atoms with Gasteiger partial charge in [-0.25, -0.2) is 0 Å². The van der Waals surface area contributed by atoms with E-state index >= 15 is 0 Å². The number of carbonyl (C=O) groups excluding carboxylic acids is 1. The molecule has 2 aliphatic rings. The van der Waals surface area contributed by atoms with E-state index in [9.17, 15) is 4.79 Å². The Hall–Kier alpha value is -0.230. The van der Waals surface area contributed by atoms with Gasteiger partial charge in [0.15, 0.2) is 0 Å². The molecule has 1 aliphatic carbocycles. The monoisotopic (exact) mass is 376 g/mol. The van der Waals surface area contributed by atoms with Gasteiger partial charge in [-0.1, -0.05) is 28.1 Å². The molecular weight excluding hydrogens is 360 g/mol. The van der Waals surface area contributed by atoms with Gasteiger partial charge in [0.2, 0.25) is 5.91 Å². The molecule has 1 saturated heterocycles. The molecule has 20 heavy (non-hydrogen) atoms. The van der Waals surface area contributed by atoms with Crippen molar-refractivity contribution >= 4 is 46.0 Å². The molecule has 1 heterocycles. The summed E-state index contributed by atoms with van der Waals surface area (Å²) in [7, 11) is 0. The Bertz CT molecular complexity index is 490. The number of nitrogens with one attached hydrogen (secondary N) is 2. The SMILES string of the molecule is Cl.O=C(NCC1(c2cccc(Br)c2)CC1)C1CSCN1. The van der Waals surface area contributed by atoms with Crippen molar-refractivity contribution in [3.63, 3.8) is 0 Å². The van der Waals surface area contributed by atoms with Gasteiger partial charge in [-0.05, 0) is 30.5 Å². The summed E-state index contributed by atoms with van der Waals surface area (Å²) < 4.78 is 1.11. The molecule has 2 fully saturated rings. The molecule has 1 aromatic rings. The molecule has 1 saturated carbocycles. The van der Waals surface area contributed by atoms with Crippen molar-refractivity contribution in [2.24, 2.45) is 0 Å². The highest BCUT2D eigenvalue weighted by Gasteiger charge is 2.44. The normalized spacial score (nSPS) is 22.9. The predicted octanol–water partition coefficient (Wildman–Crippen LogP) is 2.68. The average molecular weight is 378 g/mol. The van der Waals surface area contributed by atoms with Crippen molar-refractivity contribution in [2.75, 3.05) is 18.2 Å². The summed E-state index contributed by atoms with van der Waals surface area (Å²) in [6.07, 6.45) is 2.33. The molecular formula is C14H18BrClN2OS. The van der Waals surface area contributed by atoms with Crippen molar-refractivity contribution < 1.29 is 4.79 Å². The summed E-state index contributed by atoms with van der Waals surface area (Å²) in [4.78, 5) is 12.0. The minimum Gasteiger partial charge on any atom is -0.354 e. The van der Waals surface area contributed by atoms with Crippen molar-refractivity contribution in [3.05, 3.63) is 34.3 Å². The van der Waals surface area contributed by atoms with E-state index in [4.69, 9.17) is 0 Å². The van der Waals surface area contributed by atoms with Crippen LogP contribution in [-0.2, 0) is 10.2 Å². The van der Waals surface area contributed by atoms with Gasteiger partial charge >= 0.3 is 0 Å². The molecule has 3 rings (SSSR count). The Labute approximate surface area is 138 Å². The van der Waals surface area contributed by atoms with Gasteiger partial charge < -0.3 is 5.32 Å². The first-order valence-electron chi connectivity index (χ1n) is 6.55. The molecule has 3 nitrogen and oxygen atoms in total. The number of rotatable bonds is 4. The van der Waals surface area contributed by atoms with Crippen molar-refractivity contribution in [3.8, 4) is 0 Å². The summed E-state index contributed by atoms with van der Waals surface area (Å²) >= 11 is 5.30. The van der Waals surface area contributed by atoms with E-state index in [1.807, 2.05) is 6.07 Å². The van der Waals surface area contributed by atoms with Gasteiger partial charge in [0.25, 0.3) is 0 Å². The smallest absolute Gasteiger partial charge is 0.238 e. The highest BCUT2D eigenvalue weighted by Crippen LogP contribution is 2.48. The lowest BCUT2D eigenvalue weighted by Gasteiger charge is -2.18. The lowest BCUT2D eigenvalue weighted by molar-refractivity contribution is -0.122. The molecule has 0 spiro atoms. The van der Waals surface area contributed by atoms with E-state index in [1.165, 1.54) is 5.56 Å². The van der Waals surface area contributed by atoms with Crippen LogP contribution in [-0.4, -0.2) is 30.1 Å². The standard InChI is InChI=1S/C14H17BrN2OS.ClH/c15-11-3-1-2-10(6-11)14(4-5-14)8-16-13(18)12-7-19-9-17-12;/h1-3,6,12,17H,4-5,7-9H2,(H,16,18);1H. The largest absolute Gasteiger partial charge is 0.354 e. The number of amides is 1. The molecule has 6 heteroatoms. The zero-order valence-corrected chi connectivity index (χ0v) is 14.2. The molecule has 1 aromatic carbocycles. The maximum atomic E-state index is 12.0. The van der Waals surface area contributed by atoms with Gasteiger partial charge in [0.05, 0.1) is 6.04 Å². The van der Waals surface area contributed by atoms with Crippen molar-refractivity contribution in [1.29, 1.82) is 0 Å². The van der Waals surface area contributed by atoms with Crippen LogP contribution in [0.25, 0.3) is 0 Å². The fourth-order valence-corrected chi connectivity index (χ4v) is 3.82. The maximum Gasteiger partial charge on any atom is 0.238 e. The Morgan fingerprint density at radius 3 is 2.90 bits per heavy atom. The Morgan fingerprint density at radius 2 is 2.30 bits per heavy atom. The van der Waals surface area contributed by atoms with Gasteiger partial charge in [0.1, 0.15) is 0 Å². The third-order valence-electron chi connectivity index (χ3n) is 3.92. The number of hydrogen-bond donors (Lipinski definition) is 2. The lowest BCUT2D eigenvalue weighted by Crippen LogP contribution is -2.44. The van der Waals surface area contributed by atoms with E-state index in [0.717, 1.165) is 35.5 Å². The maximum absolute atomic E-state index is 12.0. The molecule has 110 valence electrons. The highest BCUT2D eigenvalue weighted by molar-refractivity contribution is 9.10. The van der Waals surface area contributed by atoms with Crippen LogP contribution in [0.4, 0.5) is 0 Å². The predicted molar refractivity (Wildman–Crippen MR) is 89.6 cm³/mol. The number of thioether (sulfide) groups is 1. The fraction of sp³-hybridized carbons (Fsp3) is 0.500. The first-order valence-corrected chi connectivity index (χ1v) is 8.49. The molecule has 0 radical (unpaired) electrons. The van der Waals surface area contributed by atoms with E-state index in [0.29, 0.717) is 0 Å². The highest BCUT2D eigenvalue weighted by atomic mass is 79.9. The van der Waals surface area contributed by atoms with Crippen LogP contribution >= 0.6 is 40.1 Å². The zero-order chi connectivity index (χ0) is 13.3. The first-order chi connectivity index (χ1) is 9.20. The summed E-state index contributed by atoms with van der Waals surface area (Å²) in [5, 5.41) is 6.32. The molecule has 1 unspecified atom stereocenters. The molecule has 1 amide bonds. The van der Waals surface area contributed by atoms with Crippen molar-refractivity contribution in [1.82, 2.24) is 10.6 Å². The minimum absolute atomic E-state index is 0. The zero-order valence-electron chi connectivity index (χ0n) is 11.0. The van der Waals surface area contributed by atoms with Gasteiger partial charge in [0, 0.05) is 28.1 Å². The second kappa shape index (κ2) is 6.69. The Balaban J connectivity index is 0.00000147. The summed E-state index contributed by atoms with van der Waals surface area (Å²) in [6.45, 7) is 0.755. The van der Waals surface area contributed by atoms with Crippen LogP contribution in [0.1, 0.15) is 18.4 Å². The minimum atomic E-state index is -0.0108.